The molecule has 0 bridgehead atoms. The van der Waals surface area contributed by atoms with Gasteiger partial charge in [0.15, 0.2) is 0 Å². The zero-order chi connectivity index (χ0) is 13.0. The van der Waals surface area contributed by atoms with Crippen molar-refractivity contribution in [2.45, 2.75) is 26.4 Å². The van der Waals surface area contributed by atoms with Crippen LogP contribution in [0.4, 0.5) is 4.39 Å². The van der Waals surface area contributed by atoms with Gasteiger partial charge in [0.25, 0.3) is 0 Å². The van der Waals surface area contributed by atoms with Crippen LogP contribution in [-0.4, -0.2) is 9.97 Å². The molecule has 1 heterocycles. The molecule has 0 saturated carbocycles. The van der Waals surface area contributed by atoms with Gasteiger partial charge in [0.05, 0.1) is 0 Å². The predicted octanol–water partition coefficient (Wildman–Crippen LogP) is 3.32. The Balaban J connectivity index is 2.08. The van der Waals surface area contributed by atoms with E-state index in [1.165, 1.54) is 12.4 Å². The summed E-state index contributed by atoms with van der Waals surface area (Å²) in [5.74, 6) is 0.595. The molecular weight excluding hydrogens is 231 g/mol. The first-order chi connectivity index (χ1) is 8.66. The van der Waals surface area contributed by atoms with Crippen molar-refractivity contribution in [2.24, 2.45) is 0 Å². The Labute approximate surface area is 106 Å². The fourth-order valence-corrected chi connectivity index (χ4v) is 1.63. The molecule has 0 fully saturated rings. The minimum Gasteiger partial charge on any atom is -0.489 e. The molecule has 0 radical (unpaired) electrons. The molecule has 0 amide bonds. The molecule has 0 N–H and O–H groups in total. The monoisotopic (exact) mass is 246 g/mol. The Morgan fingerprint density at radius 2 is 1.94 bits per heavy atom. The van der Waals surface area contributed by atoms with E-state index in [1.807, 2.05) is 13.8 Å². The normalized spacial score (nSPS) is 10.7. The highest BCUT2D eigenvalue weighted by Gasteiger charge is 2.08. The van der Waals surface area contributed by atoms with Crippen LogP contribution >= 0.6 is 0 Å². The van der Waals surface area contributed by atoms with Gasteiger partial charge >= 0.3 is 0 Å². The number of nitrogens with zero attached hydrogens (tertiary/aromatic N) is 2. The van der Waals surface area contributed by atoms with Crippen molar-refractivity contribution in [1.82, 2.24) is 9.97 Å². The quantitative estimate of drug-likeness (QED) is 0.830. The maximum Gasteiger partial charge on any atom is 0.126 e. The van der Waals surface area contributed by atoms with Crippen molar-refractivity contribution >= 4 is 0 Å². The highest BCUT2D eigenvalue weighted by molar-refractivity contribution is 5.31. The molecular formula is C14H15FN2O. The summed E-state index contributed by atoms with van der Waals surface area (Å²) < 4.78 is 19.1. The second kappa shape index (κ2) is 5.58. The SMILES string of the molecule is CC(C)c1cc(OCc2cncnc2)ccc1F. The summed E-state index contributed by atoms with van der Waals surface area (Å²) in [6.45, 7) is 4.28. The van der Waals surface area contributed by atoms with Crippen molar-refractivity contribution in [1.29, 1.82) is 0 Å². The van der Waals surface area contributed by atoms with Crippen LogP contribution in [-0.2, 0) is 6.61 Å². The van der Waals surface area contributed by atoms with E-state index in [1.54, 1.807) is 24.5 Å². The molecule has 0 atom stereocenters. The van der Waals surface area contributed by atoms with E-state index in [4.69, 9.17) is 4.74 Å². The molecule has 0 aliphatic carbocycles. The van der Waals surface area contributed by atoms with Gasteiger partial charge in [-0.2, -0.15) is 0 Å². The number of benzene rings is 1. The van der Waals surface area contributed by atoms with Gasteiger partial charge in [-0.25, -0.2) is 14.4 Å². The summed E-state index contributed by atoms with van der Waals surface area (Å²) >= 11 is 0. The molecule has 1 aromatic carbocycles. The van der Waals surface area contributed by atoms with E-state index in [-0.39, 0.29) is 11.7 Å². The second-order valence-corrected chi connectivity index (χ2v) is 4.37. The van der Waals surface area contributed by atoms with Crippen LogP contribution in [0.15, 0.2) is 36.9 Å². The summed E-state index contributed by atoms with van der Waals surface area (Å²) in [6.07, 6.45) is 4.86. The van der Waals surface area contributed by atoms with Gasteiger partial charge in [0, 0.05) is 18.0 Å². The molecule has 0 saturated heterocycles. The van der Waals surface area contributed by atoms with Gasteiger partial charge in [-0.15, -0.1) is 0 Å². The van der Waals surface area contributed by atoms with Crippen molar-refractivity contribution < 1.29 is 9.13 Å². The number of hydrogen-bond acceptors (Lipinski definition) is 3. The van der Waals surface area contributed by atoms with Crippen molar-refractivity contribution in [2.75, 3.05) is 0 Å². The number of halogens is 1. The molecule has 18 heavy (non-hydrogen) atoms. The van der Waals surface area contributed by atoms with Gasteiger partial charge in [0.1, 0.15) is 24.5 Å². The third-order valence-corrected chi connectivity index (χ3v) is 2.61. The Bertz CT molecular complexity index is 514. The first kappa shape index (κ1) is 12.5. The maximum absolute atomic E-state index is 13.5. The van der Waals surface area contributed by atoms with Crippen LogP contribution in [0.3, 0.4) is 0 Å². The average molecular weight is 246 g/mol. The number of aromatic nitrogens is 2. The fraction of sp³-hybridized carbons (Fsp3) is 0.286. The third-order valence-electron chi connectivity index (χ3n) is 2.61. The highest BCUT2D eigenvalue weighted by atomic mass is 19.1. The van der Waals surface area contributed by atoms with Gasteiger partial charge in [0.2, 0.25) is 0 Å². The second-order valence-electron chi connectivity index (χ2n) is 4.37. The Morgan fingerprint density at radius 3 is 2.61 bits per heavy atom. The van der Waals surface area contributed by atoms with Crippen LogP contribution in [0.5, 0.6) is 5.75 Å². The van der Waals surface area contributed by atoms with E-state index in [0.717, 1.165) is 5.56 Å². The molecule has 3 nitrogen and oxygen atoms in total. The molecule has 0 aliphatic heterocycles. The maximum atomic E-state index is 13.5. The lowest BCUT2D eigenvalue weighted by atomic mass is 10.0. The minimum atomic E-state index is -0.194. The van der Waals surface area contributed by atoms with Crippen LogP contribution in [0.2, 0.25) is 0 Å². The summed E-state index contributed by atoms with van der Waals surface area (Å²) in [6, 6.07) is 4.81. The first-order valence-corrected chi connectivity index (χ1v) is 5.83. The molecule has 1 aromatic heterocycles. The van der Waals surface area contributed by atoms with Crippen LogP contribution in [0.25, 0.3) is 0 Å². The van der Waals surface area contributed by atoms with Crippen molar-refractivity contribution in [3.05, 3.63) is 53.9 Å². The average Bonchev–Trinajstić information content (AvgIpc) is 2.38. The molecule has 0 aliphatic rings. The Kier molecular flexibility index (Phi) is 3.87. The van der Waals surface area contributed by atoms with Crippen LogP contribution in [0, 0.1) is 5.82 Å². The van der Waals surface area contributed by atoms with E-state index >= 15 is 0 Å². The van der Waals surface area contributed by atoms with E-state index in [9.17, 15) is 4.39 Å². The highest BCUT2D eigenvalue weighted by Crippen LogP contribution is 2.24. The zero-order valence-electron chi connectivity index (χ0n) is 10.4. The smallest absolute Gasteiger partial charge is 0.126 e. The predicted molar refractivity (Wildman–Crippen MR) is 66.9 cm³/mol. The first-order valence-electron chi connectivity index (χ1n) is 5.83. The topological polar surface area (TPSA) is 35.0 Å². The van der Waals surface area contributed by atoms with Gasteiger partial charge in [-0.1, -0.05) is 13.8 Å². The van der Waals surface area contributed by atoms with E-state index in [0.29, 0.717) is 17.9 Å². The van der Waals surface area contributed by atoms with Crippen LogP contribution < -0.4 is 4.74 Å². The van der Waals surface area contributed by atoms with Gasteiger partial charge in [-0.3, -0.25) is 0 Å². The van der Waals surface area contributed by atoms with E-state index < -0.39 is 0 Å². The zero-order valence-corrected chi connectivity index (χ0v) is 10.4. The Hall–Kier alpha value is -1.97. The standard InChI is InChI=1S/C14H15FN2O/c1-10(2)13-5-12(3-4-14(13)15)18-8-11-6-16-9-17-7-11/h3-7,9-10H,8H2,1-2H3. The van der Waals surface area contributed by atoms with Gasteiger partial charge < -0.3 is 4.74 Å². The lowest BCUT2D eigenvalue weighted by molar-refractivity contribution is 0.304. The summed E-state index contributed by atoms with van der Waals surface area (Å²) in [7, 11) is 0. The number of rotatable bonds is 4. The lowest BCUT2D eigenvalue weighted by Crippen LogP contribution is -1.99. The minimum absolute atomic E-state index is 0.133. The van der Waals surface area contributed by atoms with Crippen LogP contribution in [0.1, 0.15) is 30.9 Å². The Morgan fingerprint density at radius 1 is 1.22 bits per heavy atom. The van der Waals surface area contributed by atoms with Crippen molar-refractivity contribution in [3.63, 3.8) is 0 Å². The molecule has 0 unspecified atom stereocenters. The number of ether oxygens (including phenoxy) is 1. The van der Waals surface area contributed by atoms with Gasteiger partial charge in [-0.05, 0) is 29.7 Å². The molecule has 0 spiro atoms. The molecule has 2 rings (SSSR count). The summed E-state index contributed by atoms with van der Waals surface area (Å²) in [4.78, 5) is 7.81. The third kappa shape index (κ3) is 3.03. The number of hydrogen-bond donors (Lipinski definition) is 0. The molecule has 94 valence electrons. The van der Waals surface area contributed by atoms with Crippen molar-refractivity contribution in [3.8, 4) is 5.75 Å². The lowest BCUT2D eigenvalue weighted by Gasteiger charge is -2.11. The largest absolute Gasteiger partial charge is 0.489 e. The molecule has 2 aromatic rings. The summed E-state index contributed by atoms with van der Waals surface area (Å²) in [5, 5.41) is 0. The van der Waals surface area contributed by atoms with E-state index in [2.05, 4.69) is 9.97 Å². The molecule has 4 heteroatoms. The summed E-state index contributed by atoms with van der Waals surface area (Å²) in [5.41, 5.74) is 1.55. The fourth-order valence-electron chi connectivity index (χ4n) is 1.63.